The van der Waals surface area contributed by atoms with Gasteiger partial charge in [-0.3, -0.25) is 14.5 Å². The van der Waals surface area contributed by atoms with Crippen molar-refractivity contribution in [3.05, 3.63) is 72.1 Å². The first-order valence-corrected chi connectivity index (χ1v) is 8.63. The highest BCUT2D eigenvalue weighted by Crippen LogP contribution is 2.24. The fourth-order valence-electron chi connectivity index (χ4n) is 3.34. The molecule has 0 bridgehead atoms. The van der Waals surface area contributed by atoms with Crippen molar-refractivity contribution in [2.45, 2.75) is 19.2 Å². The largest absolute Gasteiger partial charge is 0.373 e. The summed E-state index contributed by atoms with van der Waals surface area (Å²) in [5, 5.41) is 4.10. The molecule has 7 heteroatoms. The number of amides is 1. The molecule has 1 atom stereocenters. The Hall–Kier alpha value is -2.93. The maximum atomic E-state index is 12.9. The van der Waals surface area contributed by atoms with Crippen molar-refractivity contribution < 1.29 is 9.53 Å². The van der Waals surface area contributed by atoms with Crippen LogP contribution in [0, 0.1) is 0 Å². The zero-order valence-electron chi connectivity index (χ0n) is 14.7. The number of hydrogen-bond donors (Lipinski definition) is 0. The molecule has 3 aromatic rings. The molecule has 4 heterocycles. The lowest BCUT2D eigenvalue weighted by atomic mass is 10.2. The SMILES string of the molecule is Cn1nccc1C(=O)N1Cc2cccn2[C@@H](COCc2ccccn2)C1. The summed E-state index contributed by atoms with van der Waals surface area (Å²) in [6.45, 7) is 2.18. The number of pyridine rings is 1. The molecule has 0 spiro atoms. The van der Waals surface area contributed by atoms with Gasteiger partial charge in [0.1, 0.15) is 5.69 Å². The Kier molecular flexibility index (Phi) is 4.53. The number of hydrogen-bond acceptors (Lipinski definition) is 4. The van der Waals surface area contributed by atoms with E-state index >= 15 is 0 Å². The number of rotatable bonds is 5. The molecule has 0 aliphatic carbocycles. The molecular formula is C19H21N5O2. The van der Waals surface area contributed by atoms with Gasteiger partial charge in [-0.2, -0.15) is 5.10 Å². The van der Waals surface area contributed by atoms with Crippen molar-refractivity contribution in [2.75, 3.05) is 13.2 Å². The molecule has 0 aromatic carbocycles. The smallest absolute Gasteiger partial charge is 0.272 e. The molecule has 0 fully saturated rings. The average Bonchev–Trinajstić information content (AvgIpc) is 3.30. The van der Waals surface area contributed by atoms with Crippen LogP contribution in [0.2, 0.25) is 0 Å². The van der Waals surface area contributed by atoms with Crippen molar-refractivity contribution in [3.8, 4) is 0 Å². The van der Waals surface area contributed by atoms with Gasteiger partial charge < -0.3 is 14.2 Å². The molecule has 3 aromatic heterocycles. The molecule has 0 N–H and O–H groups in total. The number of aromatic nitrogens is 4. The zero-order valence-corrected chi connectivity index (χ0v) is 14.7. The van der Waals surface area contributed by atoms with E-state index < -0.39 is 0 Å². The van der Waals surface area contributed by atoms with Crippen LogP contribution in [-0.2, 0) is 24.9 Å². The lowest BCUT2D eigenvalue weighted by Crippen LogP contribution is -2.42. The highest BCUT2D eigenvalue weighted by Gasteiger charge is 2.29. The van der Waals surface area contributed by atoms with Crippen LogP contribution in [0.4, 0.5) is 0 Å². The van der Waals surface area contributed by atoms with Gasteiger partial charge in [-0.1, -0.05) is 6.07 Å². The predicted octanol–water partition coefficient (Wildman–Crippen LogP) is 2.03. The van der Waals surface area contributed by atoms with Gasteiger partial charge in [0.2, 0.25) is 0 Å². The molecule has 0 radical (unpaired) electrons. The predicted molar refractivity (Wildman–Crippen MR) is 95.3 cm³/mol. The van der Waals surface area contributed by atoms with Crippen molar-refractivity contribution in [1.82, 2.24) is 24.2 Å². The van der Waals surface area contributed by atoms with Crippen molar-refractivity contribution in [3.63, 3.8) is 0 Å². The lowest BCUT2D eigenvalue weighted by Gasteiger charge is -2.35. The fourth-order valence-corrected chi connectivity index (χ4v) is 3.34. The third-order valence-corrected chi connectivity index (χ3v) is 4.66. The molecule has 4 rings (SSSR count). The van der Waals surface area contributed by atoms with Crippen LogP contribution in [0.25, 0.3) is 0 Å². The van der Waals surface area contributed by atoms with E-state index in [0.29, 0.717) is 32.0 Å². The van der Waals surface area contributed by atoms with E-state index in [0.717, 1.165) is 11.4 Å². The molecule has 0 saturated heterocycles. The van der Waals surface area contributed by atoms with Gasteiger partial charge in [0.15, 0.2) is 0 Å². The summed E-state index contributed by atoms with van der Waals surface area (Å²) in [6, 6.07) is 11.7. The summed E-state index contributed by atoms with van der Waals surface area (Å²) in [7, 11) is 1.79. The number of carbonyl (C=O) groups excluding carboxylic acids is 1. The van der Waals surface area contributed by atoms with Crippen LogP contribution in [0.1, 0.15) is 27.9 Å². The normalized spacial score (nSPS) is 16.5. The summed E-state index contributed by atoms with van der Waals surface area (Å²) in [4.78, 5) is 19.0. The standard InChI is InChI=1S/C19H21N5O2/c1-22-18(7-9-21-22)19(25)23-11-16-6-4-10-24(16)17(12-23)14-26-13-15-5-2-3-8-20-15/h2-10,17H,11-14H2,1H3/t17-/m1/s1. The average molecular weight is 351 g/mol. The Morgan fingerprint density at radius 1 is 1.23 bits per heavy atom. The van der Waals surface area contributed by atoms with Gasteiger partial charge in [-0.15, -0.1) is 0 Å². The monoisotopic (exact) mass is 351 g/mol. The van der Waals surface area contributed by atoms with E-state index in [9.17, 15) is 4.79 Å². The summed E-state index contributed by atoms with van der Waals surface area (Å²) >= 11 is 0. The van der Waals surface area contributed by atoms with Gasteiger partial charge in [-0.05, 0) is 30.3 Å². The quantitative estimate of drug-likeness (QED) is 0.705. The van der Waals surface area contributed by atoms with Crippen LogP contribution in [-0.4, -0.2) is 43.3 Å². The Balaban J connectivity index is 1.46. The van der Waals surface area contributed by atoms with Gasteiger partial charge in [0, 0.05) is 37.9 Å². The van der Waals surface area contributed by atoms with Gasteiger partial charge in [0.25, 0.3) is 5.91 Å². The minimum atomic E-state index is -0.00724. The second kappa shape index (κ2) is 7.13. The number of ether oxygens (including phenoxy) is 1. The number of aryl methyl sites for hydroxylation is 1. The summed E-state index contributed by atoms with van der Waals surface area (Å²) in [5.41, 5.74) is 2.61. The maximum absolute atomic E-state index is 12.9. The molecule has 1 aliphatic heterocycles. The van der Waals surface area contributed by atoms with E-state index in [1.165, 1.54) is 0 Å². The maximum Gasteiger partial charge on any atom is 0.272 e. The van der Waals surface area contributed by atoms with Crippen LogP contribution in [0.5, 0.6) is 0 Å². The first kappa shape index (κ1) is 16.5. The minimum Gasteiger partial charge on any atom is -0.373 e. The third-order valence-electron chi connectivity index (χ3n) is 4.66. The Bertz CT molecular complexity index is 886. The summed E-state index contributed by atoms with van der Waals surface area (Å²) in [5.74, 6) is -0.00724. The second-order valence-corrected chi connectivity index (χ2v) is 6.42. The minimum absolute atomic E-state index is 0.00724. The van der Waals surface area contributed by atoms with E-state index in [4.69, 9.17) is 4.74 Å². The fraction of sp³-hybridized carbons (Fsp3) is 0.316. The van der Waals surface area contributed by atoms with Crippen LogP contribution in [0.3, 0.4) is 0 Å². The van der Waals surface area contributed by atoms with Crippen LogP contribution < -0.4 is 0 Å². The van der Waals surface area contributed by atoms with Gasteiger partial charge >= 0.3 is 0 Å². The third kappa shape index (κ3) is 3.25. The number of carbonyl (C=O) groups is 1. The van der Waals surface area contributed by atoms with E-state index in [2.05, 4.69) is 26.9 Å². The first-order valence-electron chi connectivity index (χ1n) is 8.63. The van der Waals surface area contributed by atoms with Gasteiger partial charge in [-0.25, -0.2) is 0 Å². The molecule has 0 saturated carbocycles. The first-order chi connectivity index (χ1) is 12.7. The molecular weight excluding hydrogens is 330 g/mol. The zero-order chi connectivity index (χ0) is 17.9. The van der Waals surface area contributed by atoms with E-state index in [1.807, 2.05) is 29.2 Å². The molecule has 134 valence electrons. The van der Waals surface area contributed by atoms with Crippen LogP contribution >= 0.6 is 0 Å². The lowest BCUT2D eigenvalue weighted by molar-refractivity contribution is 0.0467. The van der Waals surface area contributed by atoms with Gasteiger partial charge in [0.05, 0.1) is 31.5 Å². The second-order valence-electron chi connectivity index (χ2n) is 6.42. The number of nitrogens with zero attached hydrogens (tertiary/aromatic N) is 5. The van der Waals surface area contributed by atoms with Crippen LogP contribution in [0.15, 0.2) is 55.0 Å². The van der Waals surface area contributed by atoms with Crippen molar-refractivity contribution in [2.24, 2.45) is 7.05 Å². The highest BCUT2D eigenvalue weighted by molar-refractivity contribution is 5.92. The Labute approximate surface area is 151 Å². The van der Waals surface area contributed by atoms with E-state index in [1.54, 1.807) is 30.2 Å². The van der Waals surface area contributed by atoms with Crippen molar-refractivity contribution in [1.29, 1.82) is 0 Å². The Morgan fingerprint density at radius 3 is 2.92 bits per heavy atom. The molecule has 0 unspecified atom stereocenters. The molecule has 7 nitrogen and oxygen atoms in total. The molecule has 26 heavy (non-hydrogen) atoms. The molecule has 1 amide bonds. The summed E-state index contributed by atoms with van der Waals surface area (Å²) < 4.78 is 9.70. The Morgan fingerprint density at radius 2 is 2.15 bits per heavy atom. The summed E-state index contributed by atoms with van der Waals surface area (Å²) in [6.07, 6.45) is 5.46. The van der Waals surface area contributed by atoms with E-state index in [-0.39, 0.29) is 11.9 Å². The number of fused-ring (bicyclic) bond motifs is 1. The highest BCUT2D eigenvalue weighted by atomic mass is 16.5. The topological polar surface area (TPSA) is 65.2 Å². The molecule has 1 aliphatic rings. The van der Waals surface area contributed by atoms with Crippen molar-refractivity contribution >= 4 is 5.91 Å².